The Hall–Kier alpha value is -1.34. The zero-order chi connectivity index (χ0) is 15.7. The first-order chi connectivity index (χ1) is 10.1. The number of nitrogens with zero attached hydrogens (tertiary/aromatic N) is 1. The topological polar surface area (TPSA) is 68.9 Å². The molecule has 0 spiro atoms. The first kappa shape index (κ1) is 17.7. The van der Waals surface area contributed by atoms with Crippen molar-refractivity contribution in [3.05, 3.63) is 22.2 Å². The molecule has 0 atom stereocenters. The molecule has 0 aliphatic rings. The number of thiocarbonyl (C=S) groups is 1. The van der Waals surface area contributed by atoms with Crippen molar-refractivity contribution in [1.29, 1.82) is 0 Å². The first-order valence-corrected chi connectivity index (χ1v) is 7.96. The number of nitrogens with one attached hydrogen (secondary N) is 1. The maximum absolute atomic E-state index is 5.75. The van der Waals surface area contributed by atoms with Gasteiger partial charge in [0.25, 0.3) is 0 Å². The van der Waals surface area contributed by atoms with Crippen LogP contribution in [0.2, 0.25) is 0 Å². The van der Waals surface area contributed by atoms with Gasteiger partial charge in [0.15, 0.2) is 16.6 Å². The molecule has 3 N–H and O–H groups in total. The standard InChI is InChI=1S/C14H20BrN3O2S/c1-3-5-6-20-13-8-11(15)10(7-12(13)19-4-2)9-17-18-14(16)21/h7-9H,3-6H2,1-2H3,(H3,16,18,21)/b17-9+. The highest BCUT2D eigenvalue weighted by molar-refractivity contribution is 9.10. The second-order valence-electron chi connectivity index (χ2n) is 4.19. The van der Waals surface area contributed by atoms with E-state index in [0.29, 0.717) is 19.0 Å². The minimum absolute atomic E-state index is 0.118. The number of unbranched alkanes of at least 4 members (excludes halogenated alkanes) is 1. The van der Waals surface area contributed by atoms with Crippen LogP contribution in [0.25, 0.3) is 0 Å². The molecule has 0 saturated heterocycles. The fourth-order valence-electron chi connectivity index (χ4n) is 1.52. The number of halogens is 1. The Bertz CT molecular complexity index is 509. The van der Waals surface area contributed by atoms with Gasteiger partial charge in [0.05, 0.1) is 19.4 Å². The summed E-state index contributed by atoms with van der Waals surface area (Å²) in [7, 11) is 0. The Morgan fingerprint density at radius 1 is 1.38 bits per heavy atom. The van der Waals surface area contributed by atoms with Crippen LogP contribution in [0.15, 0.2) is 21.7 Å². The van der Waals surface area contributed by atoms with Crippen LogP contribution >= 0.6 is 28.1 Å². The van der Waals surface area contributed by atoms with Crippen molar-refractivity contribution >= 4 is 39.5 Å². The first-order valence-electron chi connectivity index (χ1n) is 6.76. The second kappa shape index (κ2) is 9.57. The van der Waals surface area contributed by atoms with Crippen molar-refractivity contribution in [2.75, 3.05) is 13.2 Å². The van der Waals surface area contributed by atoms with Crippen LogP contribution in [0.3, 0.4) is 0 Å². The third-order valence-corrected chi connectivity index (χ3v) is 3.27. The molecule has 0 saturated carbocycles. The van der Waals surface area contributed by atoms with E-state index in [1.165, 1.54) is 0 Å². The van der Waals surface area contributed by atoms with Crippen LogP contribution < -0.4 is 20.6 Å². The fourth-order valence-corrected chi connectivity index (χ4v) is 2.00. The zero-order valence-corrected chi connectivity index (χ0v) is 14.6. The van der Waals surface area contributed by atoms with E-state index in [2.05, 4.69) is 45.6 Å². The van der Waals surface area contributed by atoms with E-state index in [1.807, 2.05) is 19.1 Å². The number of hydrogen-bond donors (Lipinski definition) is 2. The quantitative estimate of drug-likeness (QED) is 0.317. The van der Waals surface area contributed by atoms with Crippen molar-refractivity contribution in [2.45, 2.75) is 26.7 Å². The number of benzene rings is 1. The molecule has 0 amide bonds. The number of nitrogens with two attached hydrogens (primary N) is 1. The second-order valence-corrected chi connectivity index (χ2v) is 5.48. The third-order valence-electron chi connectivity index (χ3n) is 2.50. The Kier molecular flexibility index (Phi) is 8.07. The molecular weight excluding hydrogens is 354 g/mol. The van der Waals surface area contributed by atoms with Crippen LogP contribution in [0.5, 0.6) is 11.5 Å². The number of hydrazone groups is 1. The molecule has 7 heteroatoms. The molecule has 0 fully saturated rings. The number of rotatable bonds is 8. The average Bonchev–Trinajstić information content (AvgIpc) is 2.43. The van der Waals surface area contributed by atoms with Crippen molar-refractivity contribution in [3.8, 4) is 11.5 Å². The molecule has 0 unspecified atom stereocenters. The van der Waals surface area contributed by atoms with Gasteiger partial charge in [0, 0.05) is 10.0 Å². The maximum Gasteiger partial charge on any atom is 0.184 e. The normalized spacial score (nSPS) is 10.6. The van der Waals surface area contributed by atoms with Gasteiger partial charge in [-0.1, -0.05) is 13.3 Å². The maximum atomic E-state index is 5.75. The molecule has 5 nitrogen and oxygen atoms in total. The predicted octanol–water partition coefficient (Wildman–Crippen LogP) is 3.19. The van der Waals surface area contributed by atoms with Gasteiger partial charge in [-0.05, 0) is 53.6 Å². The van der Waals surface area contributed by atoms with Gasteiger partial charge in [0.1, 0.15) is 0 Å². The van der Waals surface area contributed by atoms with Crippen molar-refractivity contribution in [3.63, 3.8) is 0 Å². The zero-order valence-electron chi connectivity index (χ0n) is 12.2. The molecule has 0 aliphatic heterocycles. The van der Waals surface area contributed by atoms with Gasteiger partial charge in [-0.2, -0.15) is 5.10 Å². The third kappa shape index (κ3) is 6.31. The lowest BCUT2D eigenvalue weighted by atomic mass is 10.2. The number of hydrogen-bond acceptors (Lipinski definition) is 4. The summed E-state index contributed by atoms with van der Waals surface area (Å²) in [6.45, 7) is 5.28. The van der Waals surface area contributed by atoms with Crippen molar-refractivity contribution in [1.82, 2.24) is 5.43 Å². The van der Waals surface area contributed by atoms with Crippen molar-refractivity contribution in [2.24, 2.45) is 10.8 Å². The summed E-state index contributed by atoms with van der Waals surface area (Å²) >= 11 is 8.18. The van der Waals surface area contributed by atoms with Crippen molar-refractivity contribution < 1.29 is 9.47 Å². The van der Waals surface area contributed by atoms with E-state index in [4.69, 9.17) is 15.2 Å². The molecule has 0 heterocycles. The molecule has 1 aromatic rings. The van der Waals surface area contributed by atoms with E-state index < -0.39 is 0 Å². The molecule has 0 radical (unpaired) electrons. The summed E-state index contributed by atoms with van der Waals surface area (Å²) in [6.07, 6.45) is 3.70. The van der Waals surface area contributed by atoms with Gasteiger partial charge in [-0.15, -0.1) is 0 Å². The van der Waals surface area contributed by atoms with E-state index in [0.717, 1.165) is 28.6 Å². The van der Waals surface area contributed by atoms with E-state index in [9.17, 15) is 0 Å². The molecule has 0 bridgehead atoms. The van der Waals surface area contributed by atoms with Gasteiger partial charge in [-0.3, -0.25) is 5.43 Å². The lowest BCUT2D eigenvalue weighted by Crippen LogP contribution is -2.24. The van der Waals surface area contributed by atoms with E-state index >= 15 is 0 Å². The monoisotopic (exact) mass is 373 g/mol. The van der Waals surface area contributed by atoms with E-state index in [-0.39, 0.29) is 5.11 Å². The molecule has 0 aromatic heterocycles. The summed E-state index contributed by atoms with van der Waals surface area (Å²) in [6, 6.07) is 3.74. The molecule has 1 aromatic carbocycles. The number of ether oxygens (including phenoxy) is 2. The smallest absolute Gasteiger partial charge is 0.184 e. The molecule has 21 heavy (non-hydrogen) atoms. The molecular formula is C14H20BrN3O2S. The van der Waals surface area contributed by atoms with Gasteiger partial charge < -0.3 is 15.2 Å². The lowest BCUT2D eigenvalue weighted by molar-refractivity contribution is 0.272. The highest BCUT2D eigenvalue weighted by Gasteiger charge is 2.10. The minimum atomic E-state index is 0.118. The average molecular weight is 374 g/mol. The van der Waals surface area contributed by atoms with Crippen LogP contribution in [-0.4, -0.2) is 24.5 Å². The Morgan fingerprint density at radius 3 is 2.71 bits per heavy atom. The highest BCUT2D eigenvalue weighted by atomic mass is 79.9. The van der Waals surface area contributed by atoms with Crippen LogP contribution in [-0.2, 0) is 0 Å². The Balaban J connectivity index is 2.93. The van der Waals surface area contributed by atoms with E-state index in [1.54, 1.807) is 6.21 Å². The van der Waals surface area contributed by atoms with Gasteiger partial charge in [0.2, 0.25) is 0 Å². The molecule has 0 aliphatic carbocycles. The van der Waals surface area contributed by atoms with Crippen LogP contribution in [0.1, 0.15) is 32.3 Å². The Labute approximate surface area is 139 Å². The largest absolute Gasteiger partial charge is 0.490 e. The lowest BCUT2D eigenvalue weighted by Gasteiger charge is -2.13. The van der Waals surface area contributed by atoms with Crippen LogP contribution in [0.4, 0.5) is 0 Å². The SMILES string of the molecule is CCCCOc1cc(Br)c(/C=N/NC(N)=S)cc1OCC. The molecule has 116 valence electrons. The predicted molar refractivity (Wildman–Crippen MR) is 93.2 cm³/mol. The summed E-state index contributed by atoms with van der Waals surface area (Å²) in [5, 5.41) is 4.06. The fraction of sp³-hybridized carbons (Fsp3) is 0.429. The van der Waals surface area contributed by atoms with Gasteiger partial charge >= 0.3 is 0 Å². The summed E-state index contributed by atoms with van der Waals surface area (Å²) in [5.41, 5.74) is 8.67. The summed E-state index contributed by atoms with van der Waals surface area (Å²) in [4.78, 5) is 0. The highest BCUT2D eigenvalue weighted by Crippen LogP contribution is 2.33. The molecule has 1 rings (SSSR count). The summed E-state index contributed by atoms with van der Waals surface area (Å²) in [5.74, 6) is 1.41. The van der Waals surface area contributed by atoms with Crippen LogP contribution in [0, 0.1) is 0 Å². The Morgan fingerprint density at radius 2 is 2.10 bits per heavy atom. The minimum Gasteiger partial charge on any atom is -0.490 e. The summed E-state index contributed by atoms with van der Waals surface area (Å²) < 4.78 is 12.2. The van der Waals surface area contributed by atoms with Gasteiger partial charge in [-0.25, -0.2) is 0 Å².